The van der Waals surface area contributed by atoms with Crippen molar-refractivity contribution in [2.24, 2.45) is 5.92 Å². The Morgan fingerprint density at radius 1 is 1.15 bits per heavy atom. The molecule has 2 N–H and O–H groups in total. The number of piperidine rings is 3. The molecule has 0 spiro atoms. The number of aromatic nitrogens is 2. The highest BCUT2D eigenvalue weighted by molar-refractivity contribution is 7.12. The zero-order chi connectivity index (χ0) is 22.9. The van der Waals surface area contributed by atoms with E-state index in [2.05, 4.69) is 15.3 Å². The minimum Gasteiger partial charge on any atom is -1.00 e. The average molecular weight is 521 g/mol. The van der Waals surface area contributed by atoms with E-state index in [0.29, 0.717) is 26.6 Å². The number of esters is 1. The van der Waals surface area contributed by atoms with Crippen LogP contribution >= 0.6 is 22.7 Å². The Labute approximate surface area is 211 Å². The predicted molar refractivity (Wildman–Crippen MR) is 125 cm³/mol. The topological polar surface area (TPSA) is 101 Å². The van der Waals surface area contributed by atoms with Gasteiger partial charge in [-0.25, -0.2) is 9.78 Å². The van der Waals surface area contributed by atoms with Gasteiger partial charge >= 0.3 is 5.97 Å². The van der Waals surface area contributed by atoms with Crippen molar-refractivity contribution in [2.45, 2.75) is 24.5 Å². The van der Waals surface area contributed by atoms with Crippen LogP contribution in [0.15, 0.2) is 53.6 Å². The molecule has 0 unspecified atom stereocenters. The van der Waals surface area contributed by atoms with Crippen molar-refractivity contribution < 1.29 is 36.3 Å². The molecule has 3 fully saturated rings. The summed E-state index contributed by atoms with van der Waals surface area (Å²) in [5, 5.41) is 18.0. The molecule has 34 heavy (non-hydrogen) atoms. The largest absolute Gasteiger partial charge is 1.00 e. The van der Waals surface area contributed by atoms with Gasteiger partial charge in [0.1, 0.15) is 6.54 Å². The summed E-state index contributed by atoms with van der Waals surface area (Å²) in [5.41, 5.74) is -1.82. The molecule has 8 nitrogen and oxygen atoms in total. The number of aliphatic hydroxyl groups is 1. The second-order valence-electron chi connectivity index (χ2n) is 8.71. The van der Waals surface area contributed by atoms with E-state index in [1.807, 2.05) is 22.9 Å². The summed E-state index contributed by atoms with van der Waals surface area (Å²) in [4.78, 5) is 35.3. The fourth-order valence-electron chi connectivity index (χ4n) is 4.94. The molecule has 0 saturated carbocycles. The number of nitrogens with zero attached hydrogens (tertiary/aromatic N) is 3. The Morgan fingerprint density at radius 3 is 2.38 bits per heavy atom. The summed E-state index contributed by atoms with van der Waals surface area (Å²) in [6, 6.07) is 7.14. The molecule has 6 rings (SSSR count). The van der Waals surface area contributed by atoms with Gasteiger partial charge in [-0.3, -0.25) is 9.78 Å². The van der Waals surface area contributed by atoms with Gasteiger partial charge < -0.3 is 32.1 Å². The summed E-state index contributed by atoms with van der Waals surface area (Å²) in [7, 11) is 0. The van der Waals surface area contributed by atoms with Crippen LogP contribution < -0.4 is 17.7 Å². The molecule has 1 amide bonds. The monoisotopic (exact) mass is 520 g/mol. The van der Waals surface area contributed by atoms with Crippen LogP contribution in [0.5, 0.6) is 0 Å². The number of nitrogens with one attached hydrogen (secondary N) is 1. The molecule has 3 aromatic rings. The lowest BCUT2D eigenvalue weighted by Crippen LogP contribution is -3.00. The summed E-state index contributed by atoms with van der Waals surface area (Å²) < 4.78 is 6.58. The van der Waals surface area contributed by atoms with Gasteiger partial charge in [-0.05, 0) is 22.9 Å². The third-order valence-corrected chi connectivity index (χ3v) is 8.62. The molecule has 0 aromatic carbocycles. The number of ether oxygens (including phenoxy) is 1. The lowest BCUT2D eigenvalue weighted by molar-refractivity contribution is -0.939. The van der Waals surface area contributed by atoms with E-state index in [1.54, 1.807) is 18.3 Å². The van der Waals surface area contributed by atoms with Crippen molar-refractivity contribution in [3.05, 3.63) is 63.4 Å². The average Bonchev–Trinajstić information content (AvgIpc) is 3.54. The first-order chi connectivity index (χ1) is 16.0. The zero-order valence-corrected chi connectivity index (χ0v) is 20.7. The minimum absolute atomic E-state index is 0. The van der Waals surface area contributed by atoms with Gasteiger partial charge in [0.25, 0.3) is 5.91 Å². The third-order valence-electron chi connectivity index (χ3n) is 6.66. The maximum atomic E-state index is 13.4. The van der Waals surface area contributed by atoms with Crippen molar-refractivity contribution in [3.63, 3.8) is 0 Å². The van der Waals surface area contributed by atoms with E-state index < -0.39 is 11.6 Å². The number of anilines is 1. The molecule has 2 bridgehead atoms. The Balaban J connectivity index is 0.00000274. The maximum Gasteiger partial charge on any atom is 0.349 e. The second-order valence-corrected chi connectivity index (χ2v) is 10.6. The molecule has 0 radical (unpaired) electrons. The lowest BCUT2D eigenvalue weighted by Gasteiger charge is -2.51. The van der Waals surface area contributed by atoms with Crippen LogP contribution in [-0.4, -0.2) is 63.7 Å². The van der Waals surface area contributed by atoms with Gasteiger partial charge in [0.15, 0.2) is 18.5 Å². The molecule has 3 aliphatic heterocycles. The van der Waals surface area contributed by atoms with E-state index in [-0.39, 0.29) is 36.9 Å². The number of fused-ring (bicyclic) bond motifs is 3. The van der Waals surface area contributed by atoms with Crippen LogP contribution in [-0.2, 0) is 19.9 Å². The fourth-order valence-corrected chi connectivity index (χ4v) is 6.66. The summed E-state index contributed by atoms with van der Waals surface area (Å²) in [6.45, 7) is 2.59. The van der Waals surface area contributed by atoms with Crippen molar-refractivity contribution in [2.75, 3.05) is 31.5 Å². The number of hydrogen-bond acceptors (Lipinski definition) is 8. The highest BCUT2D eigenvalue weighted by Crippen LogP contribution is 2.40. The van der Waals surface area contributed by atoms with Crippen molar-refractivity contribution in [1.29, 1.82) is 0 Å². The summed E-state index contributed by atoms with van der Waals surface area (Å²) in [5.74, 6) is -0.108. The lowest BCUT2D eigenvalue weighted by atomic mass is 9.83. The molecule has 3 aromatic heterocycles. The molecule has 180 valence electrons. The predicted octanol–water partition coefficient (Wildman–Crippen LogP) is -0.370. The standard InChI is InChI=1S/C23H24N4O4S2.ClH/c28-21(26-20-13-24-7-8-25-20)15-27-9-5-16(6-10-27)17(14-27)31-22(29)23(30,18-3-1-11-32-18)19-4-2-12-33-19;/h1-4,7-8,11-13,16-17,30H,5-6,9-10,14-15H2;1H/t16?,17-,27?;/m0./s1. The zero-order valence-electron chi connectivity index (χ0n) is 18.3. The van der Waals surface area contributed by atoms with Crippen LogP contribution in [0.3, 0.4) is 0 Å². The molecule has 6 heterocycles. The number of rotatable bonds is 7. The van der Waals surface area contributed by atoms with Crippen LogP contribution in [0.1, 0.15) is 22.6 Å². The molecule has 11 heteroatoms. The van der Waals surface area contributed by atoms with E-state index in [4.69, 9.17) is 4.74 Å². The van der Waals surface area contributed by atoms with E-state index in [0.717, 1.165) is 25.9 Å². The number of amides is 1. The Bertz CT molecular complexity index is 1070. The van der Waals surface area contributed by atoms with Crippen molar-refractivity contribution in [3.8, 4) is 0 Å². The molecule has 0 aliphatic carbocycles. The smallest absolute Gasteiger partial charge is 0.349 e. The number of carbonyl (C=O) groups is 2. The molecule has 3 aliphatic rings. The van der Waals surface area contributed by atoms with E-state index >= 15 is 0 Å². The highest BCUT2D eigenvalue weighted by Gasteiger charge is 2.51. The highest BCUT2D eigenvalue weighted by atomic mass is 35.5. The number of carbonyl (C=O) groups excluding carboxylic acids is 2. The summed E-state index contributed by atoms with van der Waals surface area (Å²) in [6.07, 6.45) is 6.03. The van der Waals surface area contributed by atoms with Crippen LogP contribution in [0.25, 0.3) is 0 Å². The van der Waals surface area contributed by atoms with Crippen LogP contribution in [0, 0.1) is 5.92 Å². The SMILES string of the molecule is O=C(C[N+]12CCC(CC1)[C@@H](OC(=O)C(O)(c1cccs1)c1cccs1)C2)Nc1cnccn1.[Cl-]. The van der Waals surface area contributed by atoms with E-state index in [9.17, 15) is 14.7 Å². The first kappa shape index (κ1) is 24.7. The number of quaternary nitrogens is 1. The number of hydrogen-bond donors (Lipinski definition) is 2. The van der Waals surface area contributed by atoms with E-state index in [1.165, 1.54) is 35.1 Å². The Kier molecular flexibility index (Phi) is 7.34. The molecule has 3 saturated heterocycles. The maximum absolute atomic E-state index is 13.4. The number of halogens is 1. The van der Waals surface area contributed by atoms with Gasteiger partial charge in [-0.1, -0.05) is 12.1 Å². The Morgan fingerprint density at radius 2 is 1.82 bits per heavy atom. The third kappa shape index (κ3) is 4.73. The van der Waals surface area contributed by atoms with Gasteiger partial charge in [-0.15, -0.1) is 22.7 Å². The molecular formula is C23H25ClN4O4S2. The molecular weight excluding hydrogens is 496 g/mol. The van der Waals surface area contributed by atoms with Crippen LogP contribution in [0.4, 0.5) is 5.82 Å². The number of thiophene rings is 2. The van der Waals surface area contributed by atoms with Gasteiger partial charge in [-0.2, -0.15) is 0 Å². The van der Waals surface area contributed by atoms with Crippen molar-refractivity contribution >= 4 is 40.4 Å². The molecule has 1 atom stereocenters. The minimum atomic E-state index is -1.82. The summed E-state index contributed by atoms with van der Waals surface area (Å²) >= 11 is 2.66. The van der Waals surface area contributed by atoms with Gasteiger partial charge in [0.05, 0.1) is 29.0 Å². The van der Waals surface area contributed by atoms with Crippen molar-refractivity contribution in [1.82, 2.24) is 9.97 Å². The van der Waals surface area contributed by atoms with Crippen LogP contribution in [0.2, 0.25) is 0 Å². The van der Waals surface area contributed by atoms with Gasteiger partial charge in [0, 0.05) is 31.2 Å². The fraction of sp³-hybridized carbons (Fsp3) is 0.391. The van der Waals surface area contributed by atoms with Gasteiger partial charge in [0.2, 0.25) is 5.60 Å². The Hall–Kier alpha value is -2.37. The first-order valence-electron chi connectivity index (χ1n) is 10.9. The normalized spacial score (nSPS) is 23.7. The first-order valence-corrected chi connectivity index (χ1v) is 12.7. The second kappa shape index (κ2) is 10.1. The quantitative estimate of drug-likeness (QED) is 0.326.